The molecule has 0 aliphatic heterocycles. The van der Waals surface area contributed by atoms with Gasteiger partial charge in [0.2, 0.25) is 5.91 Å². The van der Waals surface area contributed by atoms with Gasteiger partial charge in [-0.3, -0.25) is 4.79 Å². The first-order valence-corrected chi connectivity index (χ1v) is 7.32. The van der Waals surface area contributed by atoms with Crippen molar-refractivity contribution in [3.63, 3.8) is 0 Å². The van der Waals surface area contributed by atoms with Gasteiger partial charge in [0.1, 0.15) is 11.6 Å². The fraction of sp³-hybridized carbons (Fsp3) is 0.875. The lowest BCUT2D eigenvalue weighted by Crippen LogP contribution is -2.42. The average Bonchev–Trinajstić information content (AvgIpc) is 2.10. The van der Waals surface area contributed by atoms with E-state index in [2.05, 4.69) is 33.0 Å². The van der Waals surface area contributed by atoms with Crippen molar-refractivity contribution in [1.29, 1.82) is 0 Å². The normalized spacial score (nSPS) is 15.4. The Morgan fingerprint density at radius 3 is 1.95 bits per heavy atom. The van der Waals surface area contributed by atoms with Crippen molar-refractivity contribution >= 4 is 11.9 Å². The number of rotatable bonds is 5. The Bertz CT molecular complexity index is 337. The second-order valence-corrected chi connectivity index (χ2v) is 7.90. The molecule has 0 saturated carbocycles. The van der Waals surface area contributed by atoms with E-state index in [1.165, 1.54) is 0 Å². The van der Waals surface area contributed by atoms with Gasteiger partial charge in [0, 0.05) is 6.42 Å². The molecular weight excluding hydrogens is 254 g/mol. The topological polar surface area (TPSA) is 55.4 Å². The highest BCUT2D eigenvalue weighted by molar-refractivity contribution is 5.84. The summed E-state index contributed by atoms with van der Waals surface area (Å²) in [6.07, 6.45) is 1.41. The van der Waals surface area contributed by atoms with Gasteiger partial charge in [0.15, 0.2) is 0 Å². The zero-order valence-corrected chi connectivity index (χ0v) is 14.3. The Kier molecular flexibility index (Phi) is 6.72. The van der Waals surface area contributed by atoms with Crippen molar-refractivity contribution in [1.82, 2.24) is 5.32 Å². The van der Waals surface area contributed by atoms with E-state index in [0.29, 0.717) is 12.3 Å². The van der Waals surface area contributed by atoms with Gasteiger partial charge in [-0.1, -0.05) is 27.7 Å². The van der Waals surface area contributed by atoms with Crippen molar-refractivity contribution in [3.05, 3.63) is 0 Å². The molecule has 0 aliphatic rings. The molecule has 4 nitrogen and oxygen atoms in total. The molecule has 0 bridgehead atoms. The highest BCUT2D eigenvalue weighted by Gasteiger charge is 2.24. The molecule has 1 N–H and O–H groups in total. The van der Waals surface area contributed by atoms with Crippen LogP contribution in [0.2, 0.25) is 0 Å². The maximum Gasteiger partial charge on any atom is 0.328 e. The summed E-state index contributed by atoms with van der Waals surface area (Å²) in [6, 6.07) is -0.608. The molecule has 0 spiro atoms. The molecule has 0 rings (SSSR count). The van der Waals surface area contributed by atoms with Crippen LogP contribution in [-0.4, -0.2) is 23.5 Å². The number of amides is 1. The molecular formula is C16H31NO3. The highest BCUT2D eigenvalue weighted by atomic mass is 16.6. The highest BCUT2D eigenvalue weighted by Crippen LogP contribution is 2.25. The van der Waals surface area contributed by atoms with Gasteiger partial charge < -0.3 is 10.1 Å². The molecule has 4 heteroatoms. The summed E-state index contributed by atoms with van der Waals surface area (Å²) in [5.74, 6) is -0.199. The van der Waals surface area contributed by atoms with Gasteiger partial charge in [-0.05, 0) is 45.4 Å². The predicted octanol–water partition coefficient (Wildman–Crippen LogP) is 3.30. The lowest BCUT2D eigenvalue weighted by atomic mass is 9.84. The van der Waals surface area contributed by atoms with Gasteiger partial charge in [-0.15, -0.1) is 0 Å². The van der Waals surface area contributed by atoms with Crippen molar-refractivity contribution < 1.29 is 14.3 Å². The van der Waals surface area contributed by atoms with Crippen LogP contribution in [0.3, 0.4) is 0 Å². The van der Waals surface area contributed by atoms with E-state index in [-0.39, 0.29) is 11.3 Å². The number of ether oxygens (including phenoxy) is 1. The second-order valence-electron chi connectivity index (χ2n) is 7.90. The summed E-state index contributed by atoms with van der Waals surface area (Å²) in [4.78, 5) is 23.7. The lowest BCUT2D eigenvalue weighted by molar-refractivity contribution is -0.158. The Hall–Kier alpha value is -1.06. The largest absolute Gasteiger partial charge is 0.458 e. The number of nitrogens with one attached hydrogen (secondary N) is 1. The lowest BCUT2D eigenvalue weighted by Gasteiger charge is -2.24. The first-order chi connectivity index (χ1) is 8.80. The van der Waals surface area contributed by atoms with Crippen molar-refractivity contribution in [2.24, 2.45) is 11.3 Å². The van der Waals surface area contributed by atoms with Crippen LogP contribution >= 0.6 is 0 Å². The number of carbonyl (C=O) groups is 2. The summed E-state index contributed by atoms with van der Waals surface area (Å²) in [5.41, 5.74) is -0.327. The minimum absolute atomic E-state index is 0.0971. The minimum atomic E-state index is -0.608. The standard InChI is InChI=1S/C16H31NO3/c1-11(10-15(3,4)5)9-13(18)17-12(2)14(19)20-16(6,7)8/h11-12H,9-10H2,1-8H3,(H,17,18)/t11?,12-/m0/s1. The molecule has 0 aliphatic carbocycles. The van der Waals surface area contributed by atoms with Crippen LogP contribution in [0, 0.1) is 11.3 Å². The van der Waals surface area contributed by atoms with Crippen LogP contribution in [0.4, 0.5) is 0 Å². The first kappa shape index (κ1) is 18.9. The SMILES string of the molecule is CC(CC(=O)N[C@@H](C)C(=O)OC(C)(C)C)CC(C)(C)C. The van der Waals surface area contributed by atoms with Crippen molar-refractivity contribution in [3.8, 4) is 0 Å². The molecule has 0 saturated heterocycles. The van der Waals surface area contributed by atoms with Gasteiger partial charge in [-0.2, -0.15) is 0 Å². The molecule has 0 aromatic heterocycles. The summed E-state index contributed by atoms with van der Waals surface area (Å²) >= 11 is 0. The molecule has 0 radical (unpaired) electrons. The Balaban J connectivity index is 4.23. The molecule has 0 aromatic carbocycles. The van der Waals surface area contributed by atoms with E-state index in [4.69, 9.17) is 4.74 Å². The van der Waals surface area contributed by atoms with Crippen LogP contribution < -0.4 is 5.32 Å². The van der Waals surface area contributed by atoms with Crippen LogP contribution in [0.5, 0.6) is 0 Å². The zero-order valence-electron chi connectivity index (χ0n) is 14.3. The molecule has 0 aromatic rings. The summed E-state index contributed by atoms with van der Waals surface area (Å²) in [6.45, 7) is 15.6. The minimum Gasteiger partial charge on any atom is -0.458 e. The number of hydrogen-bond donors (Lipinski definition) is 1. The fourth-order valence-corrected chi connectivity index (χ4v) is 2.18. The van der Waals surface area contributed by atoms with Crippen LogP contribution in [0.25, 0.3) is 0 Å². The van der Waals surface area contributed by atoms with Crippen LogP contribution in [0.1, 0.15) is 68.2 Å². The van der Waals surface area contributed by atoms with Crippen molar-refractivity contribution in [2.45, 2.75) is 79.9 Å². The van der Waals surface area contributed by atoms with E-state index in [1.807, 2.05) is 20.8 Å². The van der Waals surface area contributed by atoms with E-state index >= 15 is 0 Å². The maximum absolute atomic E-state index is 11.9. The summed E-state index contributed by atoms with van der Waals surface area (Å²) < 4.78 is 5.23. The maximum atomic E-state index is 11.9. The number of hydrogen-bond acceptors (Lipinski definition) is 3. The monoisotopic (exact) mass is 285 g/mol. The Morgan fingerprint density at radius 1 is 1.05 bits per heavy atom. The number of esters is 1. The van der Waals surface area contributed by atoms with E-state index in [0.717, 1.165) is 6.42 Å². The van der Waals surface area contributed by atoms with Crippen molar-refractivity contribution in [2.75, 3.05) is 0 Å². The number of carbonyl (C=O) groups excluding carboxylic acids is 2. The molecule has 2 atom stereocenters. The molecule has 0 heterocycles. The Labute approximate surface area is 123 Å². The summed E-state index contributed by atoms with van der Waals surface area (Å²) in [5, 5.41) is 2.71. The smallest absolute Gasteiger partial charge is 0.328 e. The average molecular weight is 285 g/mol. The van der Waals surface area contributed by atoms with E-state index in [1.54, 1.807) is 6.92 Å². The quantitative estimate of drug-likeness (QED) is 0.789. The van der Waals surface area contributed by atoms with Gasteiger partial charge >= 0.3 is 5.97 Å². The fourth-order valence-electron chi connectivity index (χ4n) is 2.18. The second kappa shape index (κ2) is 7.09. The van der Waals surface area contributed by atoms with E-state index in [9.17, 15) is 9.59 Å². The molecule has 1 unspecified atom stereocenters. The van der Waals surface area contributed by atoms with Crippen LogP contribution in [-0.2, 0) is 14.3 Å². The first-order valence-electron chi connectivity index (χ1n) is 7.32. The Morgan fingerprint density at radius 2 is 1.55 bits per heavy atom. The third-order valence-electron chi connectivity index (χ3n) is 2.63. The predicted molar refractivity (Wildman–Crippen MR) is 81.3 cm³/mol. The third kappa shape index (κ3) is 9.82. The van der Waals surface area contributed by atoms with E-state index < -0.39 is 17.6 Å². The zero-order chi connectivity index (χ0) is 16.1. The van der Waals surface area contributed by atoms with Crippen LogP contribution in [0.15, 0.2) is 0 Å². The van der Waals surface area contributed by atoms with Gasteiger partial charge in [0.05, 0.1) is 0 Å². The van der Waals surface area contributed by atoms with Gasteiger partial charge in [-0.25, -0.2) is 4.79 Å². The van der Waals surface area contributed by atoms with Gasteiger partial charge in [0.25, 0.3) is 0 Å². The molecule has 1 amide bonds. The molecule has 0 fully saturated rings. The summed E-state index contributed by atoms with van der Waals surface area (Å²) in [7, 11) is 0. The molecule has 20 heavy (non-hydrogen) atoms. The molecule has 118 valence electrons. The third-order valence-corrected chi connectivity index (χ3v) is 2.63.